The number of aliphatic hydroxyl groups excluding tert-OH is 7. The molecule has 11 unspecified atom stereocenters. The smallest absolute Gasteiger partial charge is 0.306 e. The predicted molar refractivity (Wildman–Crippen MR) is 288 cm³/mol. The molecule has 2 fully saturated rings. The highest BCUT2D eigenvalue weighted by Gasteiger charge is 2.47. The molecule has 7 N–H and O–H groups in total. The molecule has 0 aromatic rings. The van der Waals surface area contributed by atoms with Gasteiger partial charge in [-0.3, -0.25) is 4.79 Å². The van der Waals surface area contributed by atoms with Crippen LogP contribution in [0.25, 0.3) is 0 Å². The number of allylic oxidation sites excluding steroid dienone is 20. The van der Waals surface area contributed by atoms with E-state index >= 15 is 0 Å². The minimum absolute atomic E-state index is 0.0232. The molecule has 0 aromatic carbocycles. The molecule has 2 aliphatic heterocycles. The number of esters is 1. The number of unbranched alkanes of at least 4 members (excludes halogenated alkanes) is 7. The molecule has 0 aromatic heterocycles. The van der Waals surface area contributed by atoms with Crippen molar-refractivity contribution in [1.82, 2.24) is 0 Å². The Kier molecular flexibility index (Phi) is 40.1. The van der Waals surface area contributed by atoms with Crippen LogP contribution in [-0.4, -0.2) is 142 Å². The van der Waals surface area contributed by atoms with Gasteiger partial charge in [-0.15, -0.1) is 0 Å². The molecule has 11 atom stereocenters. The molecule has 73 heavy (non-hydrogen) atoms. The molecule has 2 saturated heterocycles. The Morgan fingerprint density at radius 1 is 0.452 bits per heavy atom. The second-order valence-corrected chi connectivity index (χ2v) is 18.3. The standard InChI is InChI=1S/C59H94O14/c1-3-5-7-9-11-13-15-17-19-20-21-22-23-24-25-26-27-28-29-30-32-34-36-38-40-42-51(61)71-48(45-68-43-41-39-37-35-33-31-18-16-14-12-10-8-6-4-2)46-69-58-57(67)55(65)53(63)50(73-58)47-70-59-56(66)54(64)52(62)49(44-60)72-59/h5-8,11-14,17-19,21-22,24-25,27-28,30-32,48-50,52-60,62-67H,3-4,9-10,15-16,20,23,26,29,33-47H2,1-2H3/b7-5-,8-6-,13-11-,14-12-,19-17-,22-21-,25-24-,28-27-,31-18-,32-30-. The first kappa shape index (κ1) is 65.5. The van der Waals surface area contributed by atoms with E-state index in [2.05, 4.69) is 135 Å². The average molecular weight is 1030 g/mol. The first-order valence-electron chi connectivity index (χ1n) is 27.1. The minimum atomic E-state index is -1.73. The van der Waals surface area contributed by atoms with E-state index in [4.69, 9.17) is 28.4 Å². The van der Waals surface area contributed by atoms with E-state index in [0.717, 1.165) is 116 Å². The third kappa shape index (κ3) is 31.8. The van der Waals surface area contributed by atoms with Crippen LogP contribution < -0.4 is 0 Å². The summed E-state index contributed by atoms with van der Waals surface area (Å²) in [6.45, 7) is 3.32. The molecule has 2 rings (SSSR count). The molecule has 2 aliphatic rings. The molecule has 0 saturated carbocycles. The van der Waals surface area contributed by atoms with Crippen molar-refractivity contribution in [2.75, 3.05) is 33.0 Å². The fraction of sp³-hybridized carbons (Fsp3) is 0.644. The Hall–Kier alpha value is -3.61. The van der Waals surface area contributed by atoms with Crippen molar-refractivity contribution in [2.24, 2.45) is 0 Å². The largest absolute Gasteiger partial charge is 0.457 e. The Bertz CT molecular complexity index is 1660. The number of carbonyl (C=O) groups excluding carboxylic acids is 1. The summed E-state index contributed by atoms with van der Waals surface area (Å²) in [6, 6.07) is 0. The summed E-state index contributed by atoms with van der Waals surface area (Å²) in [5.41, 5.74) is 0. The fourth-order valence-corrected chi connectivity index (χ4v) is 7.63. The lowest BCUT2D eigenvalue weighted by Gasteiger charge is -2.42. The molecule has 0 radical (unpaired) electrons. The summed E-state index contributed by atoms with van der Waals surface area (Å²) >= 11 is 0. The molecule has 414 valence electrons. The molecule has 0 amide bonds. The lowest BCUT2D eigenvalue weighted by Crippen LogP contribution is -2.61. The van der Waals surface area contributed by atoms with E-state index in [9.17, 15) is 40.5 Å². The van der Waals surface area contributed by atoms with E-state index in [1.807, 2.05) is 0 Å². The number of ether oxygens (including phenoxy) is 6. The van der Waals surface area contributed by atoms with Crippen LogP contribution in [0.15, 0.2) is 122 Å². The van der Waals surface area contributed by atoms with Crippen LogP contribution in [0.3, 0.4) is 0 Å². The third-order valence-corrected chi connectivity index (χ3v) is 12.0. The zero-order valence-electron chi connectivity index (χ0n) is 44.1. The zero-order chi connectivity index (χ0) is 53.0. The third-order valence-electron chi connectivity index (χ3n) is 12.0. The highest BCUT2D eigenvalue weighted by molar-refractivity contribution is 5.69. The van der Waals surface area contributed by atoms with Gasteiger partial charge in [0.25, 0.3) is 0 Å². The highest BCUT2D eigenvalue weighted by atomic mass is 16.7. The molecular formula is C59H94O14. The maximum Gasteiger partial charge on any atom is 0.306 e. The highest BCUT2D eigenvalue weighted by Crippen LogP contribution is 2.26. The summed E-state index contributed by atoms with van der Waals surface area (Å²) in [5.74, 6) is -0.423. The Labute approximate surface area is 437 Å². The van der Waals surface area contributed by atoms with Crippen LogP contribution in [0.2, 0.25) is 0 Å². The van der Waals surface area contributed by atoms with Crippen molar-refractivity contribution in [3.05, 3.63) is 122 Å². The van der Waals surface area contributed by atoms with Crippen molar-refractivity contribution in [3.63, 3.8) is 0 Å². The van der Waals surface area contributed by atoms with Gasteiger partial charge in [0.15, 0.2) is 12.6 Å². The quantitative estimate of drug-likeness (QED) is 0.0173. The first-order valence-corrected chi connectivity index (χ1v) is 27.1. The van der Waals surface area contributed by atoms with Gasteiger partial charge in [-0.05, 0) is 103 Å². The topological polar surface area (TPSA) is 214 Å². The average Bonchev–Trinajstić information content (AvgIpc) is 3.39. The van der Waals surface area contributed by atoms with Gasteiger partial charge in [0.2, 0.25) is 0 Å². The lowest BCUT2D eigenvalue weighted by atomic mass is 9.98. The molecule has 14 nitrogen and oxygen atoms in total. The Morgan fingerprint density at radius 2 is 0.849 bits per heavy atom. The maximum atomic E-state index is 13.0. The molecule has 0 aliphatic carbocycles. The van der Waals surface area contributed by atoms with Crippen LogP contribution in [0.1, 0.15) is 142 Å². The minimum Gasteiger partial charge on any atom is -0.457 e. The monoisotopic (exact) mass is 1030 g/mol. The fourth-order valence-electron chi connectivity index (χ4n) is 7.63. The van der Waals surface area contributed by atoms with Crippen molar-refractivity contribution in [3.8, 4) is 0 Å². The summed E-state index contributed by atoms with van der Waals surface area (Å²) in [6.07, 6.45) is 45.5. The Morgan fingerprint density at radius 3 is 1.32 bits per heavy atom. The normalized spacial score (nSPS) is 25.9. The van der Waals surface area contributed by atoms with Crippen LogP contribution in [0, 0.1) is 0 Å². The van der Waals surface area contributed by atoms with E-state index < -0.39 is 86.7 Å². The number of carbonyl (C=O) groups is 1. The Balaban J connectivity index is 1.76. The summed E-state index contributed by atoms with van der Waals surface area (Å²) in [7, 11) is 0. The van der Waals surface area contributed by atoms with Crippen LogP contribution in [0.4, 0.5) is 0 Å². The van der Waals surface area contributed by atoms with Crippen LogP contribution >= 0.6 is 0 Å². The number of rotatable bonds is 41. The summed E-state index contributed by atoms with van der Waals surface area (Å²) in [4.78, 5) is 13.0. The number of hydrogen-bond acceptors (Lipinski definition) is 14. The second-order valence-electron chi connectivity index (χ2n) is 18.3. The van der Waals surface area contributed by atoms with Crippen LogP contribution in [0.5, 0.6) is 0 Å². The van der Waals surface area contributed by atoms with Gasteiger partial charge in [-0.25, -0.2) is 0 Å². The van der Waals surface area contributed by atoms with Crippen molar-refractivity contribution in [2.45, 2.75) is 210 Å². The summed E-state index contributed by atoms with van der Waals surface area (Å²) in [5, 5.41) is 72.2. The van der Waals surface area contributed by atoms with Gasteiger partial charge < -0.3 is 64.2 Å². The van der Waals surface area contributed by atoms with Gasteiger partial charge in [0.05, 0.1) is 26.4 Å². The SMILES string of the molecule is CC/C=C\C/C=C\C/C=C\C/C=C\C/C=C\C/C=C\C/C=C\CCCCCC(=O)OC(COCCCCCC/C=C\C/C=C\C/C=C\CC)COC1OC(COC2OC(CO)C(O)C(O)C2O)C(O)C(O)C1O. The lowest BCUT2D eigenvalue weighted by molar-refractivity contribution is -0.332. The van der Waals surface area contributed by atoms with Gasteiger partial charge in [0, 0.05) is 13.0 Å². The van der Waals surface area contributed by atoms with Crippen molar-refractivity contribution >= 4 is 5.97 Å². The van der Waals surface area contributed by atoms with E-state index in [1.165, 1.54) is 0 Å². The summed E-state index contributed by atoms with van der Waals surface area (Å²) < 4.78 is 34.2. The van der Waals surface area contributed by atoms with Crippen molar-refractivity contribution < 1.29 is 69.0 Å². The molecule has 2 heterocycles. The second kappa shape index (κ2) is 44.7. The zero-order valence-corrected chi connectivity index (χ0v) is 44.1. The van der Waals surface area contributed by atoms with Gasteiger partial charge in [-0.1, -0.05) is 155 Å². The predicted octanol–water partition coefficient (Wildman–Crippen LogP) is 8.96. The van der Waals surface area contributed by atoms with Gasteiger partial charge in [-0.2, -0.15) is 0 Å². The number of hydrogen-bond donors (Lipinski definition) is 7. The van der Waals surface area contributed by atoms with E-state index in [0.29, 0.717) is 13.0 Å². The number of aliphatic hydroxyl groups is 7. The van der Waals surface area contributed by atoms with E-state index in [-0.39, 0.29) is 19.6 Å². The molecule has 14 heteroatoms. The first-order chi connectivity index (χ1) is 35.6. The molecule has 0 spiro atoms. The molecule has 0 bridgehead atoms. The molecular weight excluding hydrogens is 933 g/mol. The van der Waals surface area contributed by atoms with Crippen molar-refractivity contribution in [1.29, 1.82) is 0 Å². The van der Waals surface area contributed by atoms with Gasteiger partial charge in [0.1, 0.15) is 54.9 Å². The van der Waals surface area contributed by atoms with Crippen LogP contribution in [-0.2, 0) is 33.2 Å². The maximum absolute atomic E-state index is 13.0. The van der Waals surface area contributed by atoms with Gasteiger partial charge >= 0.3 is 5.97 Å². The van der Waals surface area contributed by atoms with E-state index in [1.54, 1.807) is 0 Å².